The molecule has 7 heteroatoms. The summed E-state index contributed by atoms with van der Waals surface area (Å²) in [5.41, 5.74) is 5.20. The van der Waals surface area contributed by atoms with Crippen molar-refractivity contribution in [3.63, 3.8) is 0 Å². The lowest BCUT2D eigenvalue weighted by molar-refractivity contribution is 0.104. The Balaban J connectivity index is 1.35. The molecule has 1 saturated carbocycles. The number of nitrogens with zero attached hydrogens (tertiary/aromatic N) is 5. The zero-order valence-electron chi connectivity index (χ0n) is 17.4. The van der Waals surface area contributed by atoms with Crippen LogP contribution in [-0.2, 0) is 6.54 Å². The number of carbonyl (C=O) groups is 1. The molecule has 158 valence electrons. The van der Waals surface area contributed by atoms with Crippen molar-refractivity contribution in [2.75, 3.05) is 0 Å². The summed E-state index contributed by atoms with van der Waals surface area (Å²) in [5.74, 6) is 0.720. The van der Waals surface area contributed by atoms with Gasteiger partial charge in [-0.15, -0.1) is 11.3 Å². The van der Waals surface area contributed by atoms with Crippen molar-refractivity contribution in [1.82, 2.24) is 24.4 Å². The Bertz CT molecular complexity index is 1410. The van der Waals surface area contributed by atoms with Crippen LogP contribution in [0.1, 0.15) is 34.5 Å². The number of aromatic nitrogens is 5. The van der Waals surface area contributed by atoms with Gasteiger partial charge in [-0.1, -0.05) is 30.7 Å². The molecule has 0 atom stereocenters. The molecular formula is C25H21N5OS. The number of thiophene rings is 1. The Morgan fingerprint density at radius 2 is 1.94 bits per heavy atom. The van der Waals surface area contributed by atoms with Gasteiger partial charge in [0.2, 0.25) is 5.78 Å². The van der Waals surface area contributed by atoms with Crippen LogP contribution in [0.15, 0.2) is 72.6 Å². The van der Waals surface area contributed by atoms with Crippen LogP contribution in [0.3, 0.4) is 0 Å². The molecule has 1 aromatic carbocycles. The molecule has 5 aromatic rings. The largest absolute Gasteiger partial charge is 0.287 e. The third kappa shape index (κ3) is 3.35. The second-order valence-corrected chi connectivity index (χ2v) is 9.21. The third-order valence-corrected chi connectivity index (χ3v) is 7.05. The average molecular weight is 440 g/mol. The summed E-state index contributed by atoms with van der Waals surface area (Å²) >= 11 is 1.43. The average Bonchev–Trinajstić information content (AvgIpc) is 3.56. The molecule has 0 amide bonds. The van der Waals surface area contributed by atoms with Crippen LogP contribution in [-0.4, -0.2) is 30.2 Å². The van der Waals surface area contributed by atoms with Gasteiger partial charge in [0.05, 0.1) is 28.5 Å². The van der Waals surface area contributed by atoms with E-state index < -0.39 is 0 Å². The van der Waals surface area contributed by atoms with Gasteiger partial charge in [-0.05, 0) is 47.9 Å². The molecule has 0 N–H and O–H groups in total. The normalized spacial score (nSPS) is 14.0. The van der Waals surface area contributed by atoms with Gasteiger partial charge < -0.3 is 0 Å². The maximum atomic E-state index is 12.9. The molecule has 0 unspecified atom stereocenters. The van der Waals surface area contributed by atoms with E-state index in [1.807, 2.05) is 35.8 Å². The van der Waals surface area contributed by atoms with Crippen LogP contribution < -0.4 is 0 Å². The van der Waals surface area contributed by atoms with Gasteiger partial charge in [-0.2, -0.15) is 10.2 Å². The van der Waals surface area contributed by atoms with E-state index in [4.69, 9.17) is 0 Å². The molecule has 1 fully saturated rings. The van der Waals surface area contributed by atoms with E-state index in [1.54, 1.807) is 16.9 Å². The van der Waals surface area contributed by atoms with E-state index in [9.17, 15) is 4.79 Å². The molecule has 0 saturated heterocycles. The van der Waals surface area contributed by atoms with Crippen molar-refractivity contribution in [3.8, 4) is 22.4 Å². The summed E-state index contributed by atoms with van der Waals surface area (Å²) in [6.45, 7) is 0.999. The van der Waals surface area contributed by atoms with E-state index in [2.05, 4.69) is 44.3 Å². The Hall–Kier alpha value is -3.58. The number of carbonyl (C=O) groups excluding carboxylic acids is 1. The van der Waals surface area contributed by atoms with Crippen LogP contribution in [0.25, 0.3) is 28.0 Å². The fraction of sp³-hybridized carbons (Fsp3) is 0.200. The topological polar surface area (TPSA) is 65.1 Å². The van der Waals surface area contributed by atoms with Crippen LogP contribution >= 0.6 is 11.3 Å². The van der Waals surface area contributed by atoms with Crippen LogP contribution in [0.2, 0.25) is 0 Å². The summed E-state index contributed by atoms with van der Waals surface area (Å²) in [6, 6.07) is 14.0. The molecule has 1 aliphatic carbocycles. The summed E-state index contributed by atoms with van der Waals surface area (Å²) < 4.78 is 3.81. The predicted octanol–water partition coefficient (Wildman–Crippen LogP) is 5.35. The Morgan fingerprint density at radius 3 is 2.75 bits per heavy atom. The summed E-state index contributed by atoms with van der Waals surface area (Å²) in [7, 11) is 0. The first-order valence-corrected chi connectivity index (χ1v) is 11.7. The minimum absolute atomic E-state index is 0.0488. The van der Waals surface area contributed by atoms with Crippen molar-refractivity contribution < 1.29 is 4.79 Å². The van der Waals surface area contributed by atoms with Crippen LogP contribution in [0.4, 0.5) is 0 Å². The van der Waals surface area contributed by atoms with Gasteiger partial charge in [-0.3, -0.25) is 9.48 Å². The molecule has 0 spiro atoms. The number of hydrogen-bond donors (Lipinski definition) is 0. The zero-order valence-corrected chi connectivity index (χ0v) is 18.2. The standard InChI is InChI=1S/C25H21N5OS/c31-24(23-8-3-11-32-23)21-14-28-30-22(9-10-26-25(21)30)19-7-2-6-18(12-19)20-13-27-29(16-20)15-17-4-1-5-17/h2-3,6-14,16-17H,1,4-5,15H2. The SMILES string of the molecule is O=C(c1cccs1)c1cnn2c(-c3cccc(-c4cnn(CC5CCC5)c4)c3)ccnc12. The van der Waals surface area contributed by atoms with E-state index in [0.717, 1.165) is 34.8 Å². The van der Waals surface area contributed by atoms with Crippen molar-refractivity contribution in [2.45, 2.75) is 25.8 Å². The summed E-state index contributed by atoms with van der Waals surface area (Å²) in [6.07, 6.45) is 11.4. The highest BCUT2D eigenvalue weighted by molar-refractivity contribution is 7.12. The van der Waals surface area contributed by atoms with Crippen molar-refractivity contribution in [2.24, 2.45) is 5.92 Å². The van der Waals surface area contributed by atoms with Gasteiger partial charge in [0.1, 0.15) is 0 Å². The second kappa shape index (κ2) is 7.84. The van der Waals surface area contributed by atoms with Crippen molar-refractivity contribution in [1.29, 1.82) is 0 Å². The molecule has 1 aliphatic rings. The Morgan fingerprint density at radius 1 is 1.03 bits per heavy atom. The number of hydrogen-bond acceptors (Lipinski definition) is 5. The quantitative estimate of drug-likeness (QED) is 0.335. The molecule has 0 aliphatic heterocycles. The fourth-order valence-corrected chi connectivity index (χ4v) is 4.90. The molecular weight excluding hydrogens is 418 g/mol. The Kier molecular flexibility index (Phi) is 4.69. The van der Waals surface area contributed by atoms with Crippen molar-refractivity contribution >= 4 is 22.8 Å². The minimum atomic E-state index is -0.0488. The van der Waals surface area contributed by atoms with E-state index >= 15 is 0 Å². The predicted molar refractivity (Wildman–Crippen MR) is 125 cm³/mol. The second-order valence-electron chi connectivity index (χ2n) is 8.26. The smallest absolute Gasteiger partial charge is 0.208 e. The highest BCUT2D eigenvalue weighted by Crippen LogP contribution is 2.30. The zero-order chi connectivity index (χ0) is 21.5. The van der Waals surface area contributed by atoms with Gasteiger partial charge in [-0.25, -0.2) is 9.50 Å². The lowest BCUT2D eigenvalue weighted by Crippen LogP contribution is -2.18. The molecule has 6 rings (SSSR count). The first-order chi connectivity index (χ1) is 15.8. The molecule has 4 aromatic heterocycles. The molecule has 6 nitrogen and oxygen atoms in total. The minimum Gasteiger partial charge on any atom is -0.287 e. The van der Waals surface area contributed by atoms with Gasteiger partial charge in [0.25, 0.3) is 0 Å². The molecule has 32 heavy (non-hydrogen) atoms. The lowest BCUT2D eigenvalue weighted by atomic mass is 9.85. The maximum Gasteiger partial charge on any atom is 0.208 e. The van der Waals surface area contributed by atoms with Crippen molar-refractivity contribution in [3.05, 3.63) is 83.1 Å². The van der Waals surface area contributed by atoms with Crippen LogP contribution in [0, 0.1) is 5.92 Å². The van der Waals surface area contributed by atoms with Crippen LogP contribution in [0.5, 0.6) is 0 Å². The monoisotopic (exact) mass is 439 g/mol. The highest BCUT2D eigenvalue weighted by Gasteiger charge is 2.20. The summed E-state index contributed by atoms with van der Waals surface area (Å²) in [5, 5.41) is 11.0. The molecule has 0 bridgehead atoms. The maximum absolute atomic E-state index is 12.9. The number of benzene rings is 1. The van der Waals surface area contributed by atoms with Gasteiger partial charge in [0.15, 0.2) is 5.65 Å². The first-order valence-electron chi connectivity index (χ1n) is 10.8. The molecule has 4 heterocycles. The highest BCUT2D eigenvalue weighted by atomic mass is 32.1. The Labute approximate surface area is 189 Å². The van der Waals surface area contributed by atoms with E-state index in [1.165, 1.54) is 30.6 Å². The van der Waals surface area contributed by atoms with Gasteiger partial charge in [0, 0.05) is 30.1 Å². The van der Waals surface area contributed by atoms with Gasteiger partial charge >= 0.3 is 0 Å². The van der Waals surface area contributed by atoms with E-state index in [0.29, 0.717) is 16.1 Å². The fourth-order valence-electron chi connectivity index (χ4n) is 4.22. The number of rotatable bonds is 6. The molecule has 0 radical (unpaired) electrons. The van der Waals surface area contributed by atoms with E-state index in [-0.39, 0.29) is 5.78 Å². The third-order valence-electron chi connectivity index (χ3n) is 6.19. The lowest BCUT2D eigenvalue weighted by Gasteiger charge is -2.24. The number of ketones is 1. The first kappa shape index (κ1) is 19.1. The summed E-state index contributed by atoms with van der Waals surface area (Å²) in [4.78, 5) is 18.0. The number of fused-ring (bicyclic) bond motifs is 1.